The zero-order chi connectivity index (χ0) is 19.1. The second kappa shape index (κ2) is 5.11. The highest BCUT2D eigenvalue weighted by molar-refractivity contribution is 5.95. The average Bonchev–Trinajstić information content (AvgIpc) is 2.75. The summed E-state index contributed by atoms with van der Waals surface area (Å²) in [7, 11) is 0. The number of rotatable bonds is 1. The predicted octanol–water partition coefficient (Wildman–Crippen LogP) is 6.52. The van der Waals surface area contributed by atoms with Gasteiger partial charge in [-0.3, -0.25) is 0 Å². The fourth-order valence-corrected chi connectivity index (χ4v) is 5.01. The van der Waals surface area contributed by atoms with Crippen molar-refractivity contribution in [2.24, 2.45) is 0 Å². The van der Waals surface area contributed by atoms with E-state index in [1.54, 1.807) is 12.1 Å². The van der Waals surface area contributed by atoms with Crippen molar-refractivity contribution in [2.75, 3.05) is 10.2 Å². The van der Waals surface area contributed by atoms with Crippen molar-refractivity contribution >= 4 is 28.4 Å². The first-order valence-electron chi connectivity index (χ1n) is 9.72. The van der Waals surface area contributed by atoms with E-state index in [2.05, 4.69) is 52.7 Å². The van der Waals surface area contributed by atoms with Crippen LogP contribution < -0.4 is 15.0 Å². The molecule has 4 aromatic carbocycles. The van der Waals surface area contributed by atoms with Crippen LogP contribution in [0, 0.1) is 0 Å². The summed E-state index contributed by atoms with van der Waals surface area (Å²) in [6, 6.07) is 26.2. The van der Waals surface area contributed by atoms with E-state index in [0.717, 1.165) is 39.9 Å². The van der Waals surface area contributed by atoms with Gasteiger partial charge in [0, 0.05) is 39.7 Å². The molecule has 4 aromatic rings. The lowest BCUT2D eigenvalue weighted by Gasteiger charge is -2.44. The van der Waals surface area contributed by atoms with Gasteiger partial charge in [-0.05, 0) is 60.7 Å². The highest BCUT2D eigenvalue weighted by Crippen LogP contribution is 2.63. The summed E-state index contributed by atoms with van der Waals surface area (Å²) in [5.41, 5.74) is 9.18. The van der Waals surface area contributed by atoms with Crippen molar-refractivity contribution in [1.82, 2.24) is 0 Å². The minimum atomic E-state index is 0.141. The quantitative estimate of drug-likeness (QED) is 0.342. The monoisotopic (exact) mass is 376 g/mol. The fraction of sp³-hybridized carbons (Fsp3) is 0.0400. The summed E-state index contributed by atoms with van der Waals surface area (Å²) in [5, 5.41) is 13.4. The molecule has 0 saturated carbocycles. The average molecular weight is 376 g/mol. The fourth-order valence-electron chi connectivity index (χ4n) is 5.01. The molecule has 0 fully saturated rings. The Morgan fingerprint density at radius 1 is 0.690 bits per heavy atom. The molecule has 0 aliphatic carbocycles. The zero-order valence-electron chi connectivity index (χ0n) is 15.4. The molecule has 1 unspecified atom stereocenters. The Morgan fingerprint density at radius 3 is 2.10 bits per heavy atom. The Bertz CT molecular complexity index is 1250. The van der Waals surface area contributed by atoms with Gasteiger partial charge in [-0.15, -0.1) is 0 Å². The van der Waals surface area contributed by atoms with Crippen LogP contribution in [-0.4, -0.2) is 5.11 Å². The first-order chi connectivity index (χ1) is 14.3. The Balaban J connectivity index is 1.60. The Hall–Kier alpha value is -3.92. The maximum absolute atomic E-state index is 9.79. The van der Waals surface area contributed by atoms with Gasteiger partial charge in [-0.2, -0.15) is 0 Å². The summed E-state index contributed by atoms with van der Waals surface area (Å²) in [6.45, 7) is 0. The first-order valence-corrected chi connectivity index (χ1v) is 9.72. The highest BCUT2D eigenvalue weighted by Gasteiger charge is 2.43. The molecule has 0 bridgehead atoms. The topological polar surface area (TPSA) is 44.7 Å². The van der Waals surface area contributed by atoms with Crippen LogP contribution in [0.1, 0.15) is 22.6 Å². The molecule has 2 N–H and O–H groups in total. The normalized spacial score (nSPS) is 16.6. The minimum absolute atomic E-state index is 0.141. The molecule has 1 atom stereocenters. The van der Waals surface area contributed by atoms with Gasteiger partial charge in [0.25, 0.3) is 0 Å². The predicted molar refractivity (Wildman–Crippen MR) is 114 cm³/mol. The van der Waals surface area contributed by atoms with Gasteiger partial charge in [-0.1, -0.05) is 18.2 Å². The summed E-state index contributed by atoms with van der Waals surface area (Å²) in [5.74, 6) is 2.23. The van der Waals surface area contributed by atoms with Crippen molar-refractivity contribution in [1.29, 1.82) is 0 Å². The summed E-state index contributed by atoms with van der Waals surface area (Å²) in [6.07, 6.45) is 0. The number of anilines is 5. The Morgan fingerprint density at radius 2 is 1.31 bits per heavy atom. The maximum atomic E-state index is 9.79. The van der Waals surface area contributed by atoms with E-state index in [9.17, 15) is 5.11 Å². The number of nitrogens with zero attached hydrogens (tertiary/aromatic N) is 1. The van der Waals surface area contributed by atoms with Crippen LogP contribution in [0.2, 0.25) is 0 Å². The van der Waals surface area contributed by atoms with E-state index in [0.29, 0.717) is 0 Å². The molecule has 3 aliphatic heterocycles. The van der Waals surface area contributed by atoms with Crippen LogP contribution in [0.3, 0.4) is 0 Å². The maximum Gasteiger partial charge on any atom is 0.133 e. The third-order valence-corrected chi connectivity index (χ3v) is 6.14. The Kier molecular flexibility index (Phi) is 2.66. The molecule has 0 spiro atoms. The van der Waals surface area contributed by atoms with Crippen molar-refractivity contribution in [3.05, 3.63) is 95.6 Å². The number of nitrogens with one attached hydrogen (secondary N) is 1. The molecule has 3 aliphatic rings. The molecule has 4 nitrogen and oxygen atoms in total. The molecule has 0 amide bonds. The number of benzene rings is 4. The van der Waals surface area contributed by atoms with Crippen molar-refractivity contribution in [3.8, 4) is 17.2 Å². The van der Waals surface area contributed by atoms with Gasteiger partial charge in [0.05, 0.1) is 11.4 Å². The van der Waals surface area contributed by atoms with Gasteiger partial charge >= 0.3 is 0 Å². The number of phenolic OH excluding ortho intramolecular Hbond substituents is 1. The molecule has 4 heteroatoms. The summed E-state index contributed by atoms with van der Waals surface area (Å²) in [4.78, 5) is 2.26. The van der Waals surface area contributed by atoms with Gasteiger partial charge in [0.1, 0.15) is 17.2 Å². The SMILES string of the molecule is Oc1ccc(N2c3cccc4c3C3c5c(cccc5Oc5cccc2c53)N4)cc1. The minimum Gasteiger partial charge on any atom is -0.508 e. The van der Waals surface area contributed by atoms with Crippen LogP contribution in [0.4, 0.5) is 28.4 Å². The molecular formula is C25H16N2O2. The van der Waals surface area contributed by atoms with Gasteiger partial charge in [-0.25, -0.2) is 0 Å². The summed E-state index contributed by atoms with van der Waals surface area (Å²) < 4.78 is 6.35. The van der Waals surface area contributed by atoms with E-state index >= 15 is 0 Å². The molecule has 7 rings (SSSR count). The molecule has 0 aromatic heterocycles. The first kappa shape index (κ1) is 15.1. The molecule has 29 heavy (non-hydrogen) atoms. The lowest BCUT2D eigenvalue weighted by Crippen LogP contribution is -2.28. The number of ether oxygens (including phenoxy) is 1. The lowest BCUT2D eigenvalue weighted by molar-refractivity contribution is 0.452. The van der Waals surface area contributed by atoms with E-state index in [4.69, 9.17) is 4.74 Å². The Labute approximate surface area is 167 Å². The molecule has 3 heterocycles. The van der Waals surface area contributed by atoms with E-state index in [-0.39, 0.29) is 11.7 Å². The number of phenols is 1. The van der Waals surface area contributed by atoms with E-state index < -0.39 is 0 Å². The van der Waals surface area contributed by atoms with Crippen LogP contribution in [0.25, 0.3) is 0 Å². The summed E-state index contributed by atoms with van der Waals surface area (Å²) >= 11 is 0. The lowest BCUT2D eigenvalue weighted by atomic mass is 9.75. The molecule has 0 saturated heterocycles. The van der Waals surface area contributed by atoms with Crippen LogP contribution in [0.15, 0.2) is 78.9 Å². The smallest absolute Gasteiger partial charge is 0.133 e. The second-order valence-electron chi connectivity index (χ2n) is 7.66. The van der Waals surface area contributed by atoms with Gasteiger partial charge in [0.15, 0.2) is 0 Å². The number of hydrogen-bond acceptors (Lipinski definition) is 4. The molecular weight excluding hydrogens is 360 g/mol. The number of aromatic hydroxyl groups is 1. The van der Waals surface area contributed by atoms with E-state index in [1.165, 1.54) is 16.7 Å². The standard InChI is InChI=1S/C25H16N2O2/c28-15-12-10-14(11-13-15)27-18-6-1-4-16-22(18)25-23-17(26-16)5-2-8-20(23)29-21-9-3-7-19(27)24(21)25/h1-13,25-26,28H. The van der Waals surface area contributed by atoms with Crippen molar-refractivity contribution < 1.29 is 9.84 Å². The number of hydrogen-bond donors (Lipinski definition) is 2. The van der Waals surface area contributed by atoms with Crippen LogP contribution >= 0.6 is 0 Å². The second-order valence-corrected chi connectivity index (χ2v) is 7.66. The van der Waals surface area contributed by atoms with Crippen molar-refractivity contribution in [3.63, 3.8) is 0 Å². The van der Waals surface area contributed by atoms with Crippen LogP contribution in [0.5, 0.6) is 17.2 Å². The van der Waals surface area contributed by atoms with Gasteiger partial charge < -0.3 is 20.1 Å². The zero-order valence-corrected chi connectivity index (χ0v) is 15.4. The molecule has 138 valence electrons. The van der Waals surface area contributed by atoms with E-state index in [1.807, 2.05) is 24.3 Å². The van der Waals surface area contributed by atoms with Crippen molar-refractivity contribution in [2.45, 2.75) is 5.92 Å². The molecule has 0 radical (unpaired) electrons. The highest BCUT2D eigenvalue weighted by atomic mass is 16.5. The third kappa shape index (κ3) is 1.83. The van der Waals surface area contributed by atoms with Crippen LogP contribution in [-0.2, 0) is 0 Å². The largest absolute Gasteiger partial charge is 0.508 e. The van der Waals surface area contributed by atoms with Gasteiger partial charge in [0.2, 0.25) is 0 Å². The third-order valence-electron chi connectivity index (χ3n) is 6.14.